The molecule has 0 fully saturated rings. The molecule has 28 heavy (non-hydrogen) atoms. The number of pyridine rings is 1. The molecule has 1 unspecified atom stereocenters. The minimum absolute atomic E-state index is 0.177. The van der Waals surface area contributed by atoms with E-state index in [1.807, 2.05) is 41.8 Å². The Bertz CT molecular complexity index is 968. The maximum atomic E-state index is 11.4. The standard InChI is InChI=1S/C19H18BrN3O3S2/c1-19(26-2,17(24)25)9-13-11-27-18(22-13)23-16-15(8-12(20)10-21-16)28-14-6-4-3-5-7-14/h3-8,10-11H,9H2,1-2H3,(H,24,25)(H,21,22,23). The number of rotatable bonds is 8. The van der Waals surface area contributed by atoms with E-state index in [0.29, 0.717) is 16.6 Å². The number of hydrogen-bond donors (Lipinski definition) is 2. The van der Waals surface area contributed by atoms with Crippen LogP contribution in [0.15, 0.2) is 62.2 Å². The van der Waals surface area contributed by atoms with E-state index in [2.05, 4.69) is 31.2 Å². The molecule has 0 saturated heterocycles. The zero-order valence-electron chi connectivity index (χ0n) is 15.2. The van der Waals surface area contributed by atoms with Crippen LogP contribution in [0, 0.1) is 0 Å². The van der Waals surface area contributed by atoms with Crippen LogP contribution < -0.4 is 5.32 Å². The molecule has 146 valence electrons. The van der Waals surface area contributed by atoms with E-state index in [1.165, 1.54) is 25.4 Å². The molecule has 1 aromatic carbocycles. The molecule has 0 spiro atoms. The summed E-state index contributed by atoms with van der Waals surface area (Å²) in [5.41, 5.74) is -0.663. The number of nitrogens with one attached hydrogen (secondary N) is 1. The first-order valence-electron chi connectivity index (χ1n) is 8.28. The summed E-state index contributed by atoms with van der Waals surface area (Å²) in [6, 6.07) is 12.0. The number of nitrogens with zero attached hydrogens (tertiary/aromatic N) is 2. The van der Waals surface area contributed by atoms with Gasteiger partial charge in [-0.05, 0) is 41.1 Å². The molecule has 0 radical (unpaired) electrons. The Balaban J connectivity index is 1.79. The third kappa shape index (κ3) is 5.11. The smallest absolute Gasteiger partial charge is 0.336 e. The van der Waals surface area contributed by atoms with E-state index < -0.39 is 11.6 Å². The van der Waals surface area contributed by atoms with E-state index in [1.54, 1.807) is 18.0 Å². The number of halogens is 1. The van der Waals surface area contributed by atoms with Crippen LogP contribution in [0.25, 0.3) is 0 Å². The van der Waals surface area contributed by atoms with Gasteiger partial charge < -0.3 is 15.2 Å². The first-order valence-corrected chi connectivity index (χ1v) is 10.8. The van der Waals surface area contributed by atoms with Gasteiger partial charge in [-0.15, -0.1) is 11.3 Å². The Morgan fingerprint density at radius 2 is 2.14 bits per heavy atom. The molecule has 0 aliphatic carbocycles. The minimum atomic E-state index is -1.31. The van der Waals surface area contributed by atoms with Crippen molar-refractivity contribution in [1.29, 1.82) is 0 Å². The van der Waals surface area contributed by atoms with Crippen molar-refractivity contribution in [3.63, 3.8) is 0 Å². The highest BCUT2D eigenvalue weighted by molar-refractivity contribution is 9.10. The zero-order chi connectivity index (χ0) is 20.1. The number of benzene rings is 1. The molecule has 3 rings (SSSR count). The molecule has 0 saturated carbocycles. The van der Waals surface area contributed by atoms with Gasteiger partial charge in [-0.1, -0.05) is 30.0 Å². The van der Waals surface area contributed by atoms with Gasteiger partial charge in [-0.3, -0.25) is 0 Å². The number of anilines is 2. The lowest BCUT2D eigenvalue weighted by Crippen LogP contribution is -2.39. The van der Waals surface area contributed by atoms with Crippen LogP contribution in [0.4, 0.5) is 10.9 Å². The van der Waals surface area contributed by atoms with Crippen molar-refractivity contribution in [3.05, 3.63) is 58.1 Å². The van der Waals surface area contributed by atoms with Crippen LogP contribution in [0.3, 0.4) is 0 Å². The summed E-state index contributed by atoms with van der Waals surface area (Å²) in [6.45, 7) is 1.53. The number of aliphatic carboxylic acids is 1. The van der Waals surface area contributed by atoms with Gasteiger partial charge in [0.15, 0.2) is 10.7 Å². The van der Waals surface area contributed by atoms with Crippen LogP contribution in [0.2, 0.25) is 0 Å². The van der Waals surface area contributed by atoms with Crippen molar-refractivity contribution in [3.8, 4) is 0 Å². The Labute approximate surface area is 179 Å². The van der Waals surface area contributed by atoms with Crippen molar-refractivity contribution in [2.75, 3.05) is 12.4 Å². The van der Waals surface area contributed by atoms with Crippen LogP contribution >= 0.6 is 39.0 Å². The van der Waals surface area contributed by atoms with Crippen LogP contribution in [-0.4, -0.2) is 33.8 Å². The van der Waals surface area contributed by atoms with Gasteiger partial charge >= 0.3 is 5.97 Å². The molecule has 2 heterocycles. The average molecular weight is 480 g/mol. The summed E-state index contributed by atoms with van der Waals surface area (Å²) in [5, 5.41) is 15.1. The Kier molecular flexibility index (Phi) is 6.71. The number of carbonyl (C=O) groups is 1. The molecule has 2 N–H and O–H groups in total. The number of aromatic nitrogens is 2. The van der Waals surface area contributed by atoms with Crippen molar-refractivity contribution >= 4 is 55.9 Å². The van der Waals surface area contributed by atoms with Gasteiger partial charge in [-0.2, -0.15) is 0 Å². The van der Waals surface area contributed by atoms with Crippen molar-refractivity contribution in [1.82, 2.24) is 9.97 Å². The Morgan fingerprint density at radius 1 is 1.39 bits per heavy atom. The summed E-state index contributed by atoms with van der Waals surface area (Å²) >= 11 is 6.46. The molecule has 9 heteroatoms. The fourth-order valence-corrected chi connectivity index (χ4v) is 4.46. The van der Waals surface area contributed by atoms with Crippen LogP contribution in [-0.2, 0) is 16.0 Å². The van der Waals surface area contributed by atoms with E-state index in [4.69, 9.17) is 4.74 Å². The average Bonchev–Trinajstić information content (AvgIpc) is 3.11. The summed E-state index contributed by atoms with van der Waals surface area (Å²) in [6.07, 6.45) is 1.90. The second-order valence-electron chi connectivity index (χ2n) is 6.10. The van der Waals surface area contributed by atoms with Crippen LogP contribution in [0.5, 0.6) is 0 Å². The highest BCUT2D eigenvalue weighted by atomic mass is 79.9. The van der Waals surface area contributed by atoms with Gasteiger partial charge in [0.2, 0.25) is 0 Å². The number of carboxylic acid groups (broad SMARTS) is 1. The summed E-state index contributed by atoms with van der Waals surface area (Å²) in [4.78, 5) is 22.4. The third-order valence-corrected chi connectivity index (χ3v) is 6.27. The van der Waals surface area contributed by atoms with E-state index in [0.717, 1.165) is 14.3 Å². The summed E-state index contributed by atoms with van der Waals surface area (Å²) in [5.74, 6) is -0.334. The number of hydrogen-bond acceptors (Lipinski definition) is 7. The normalized spacial score (nSPS) is 13.1. The predicted octanol–water partition coefficient (Wildman–Crippen LogP) is 5.23. The Hall–Kier alpha value is -1.94. The number of methoxy groups -OCH3 is 1. The molecular weight excluding hydrogens is 462 g/mol. The third-order valence-electron chi connectivity index (χ3n) is 3.99. The lowest BCUT2D eigenvalue weighted by molar-refractivity contribution is -0.160. The largest absolute Gasteiger partial charge is 0.479 e. The fourth-order valence-electron chi connectivity index (χ4n) is 2.34. The number of thiazole rings is 1. The number of carboxylic acids is 1. The molecule has 6 nitrogen and oxygen atoms in total. The quantitative estimate of drug-likeness (QED) is 0.457. The second kappa shape index (κ2) is 9.04. The molecule has 2 aromatic heterocycles. The highest BCUT2D eigenvalue weighted by Crippen LogP contribution is 2.36. The number of ether oxygens (including phenoxy) is 1. The topological polar surface area (TPSA) is 84.3 Å². The summed E-state index contributed by atoms with van der Waals surface area (Å²) in [7, 11) is 1.39. The van der Waals surface area contributed by atoms with Crippen molar-refractivity contribution in [2.45, 2.75) is 28.7 Å². The first-order chi connectivity index (χ1) is 13.4. The highest BCUT2D eigenvalue weighted by Gasteiger charge is 2.34. The van der Waals surface area contributed by atoms with Crippen molar-refractivity contribution in [2.24, 2.45) is 0 Å². The van der Waals surface area contributed by atoms with Gasteiger partial charge in [0, 0.05) is 34.5 Å². The maximum Gasteiger partial charge on any atom is 0.336 e. The SMILES string of the molecule is COC(C)(Cc1csc(Nc2ncc(Br)cc2Sc2ccccc2)n1)C(=O)O. The van der Waals surface area contributed by atoms with Gasteiger partial charge in [-0.25, -0.2) is 14.8 Å². The zero-order valence-corrected chi connectivity index (χ0v) is 18.4. The first kappa shape index (κ1) is 20.8. The second-order valence-corrected chi connectivity index (χ2v) is 8.99. The monoisotopic (exact) mass is 479 g/mol. The van der Waals surface area contributed by atoms with Crippen molar-refractivity contribution < 1.29 is 14.6 Å². The molecule has 0 bridgehead atoms. The molecule has 1 atom stereocenters. The minimum Gasteiger partial charge on any atom is -0.479 e. The summed E-state index contributed by atoms with van der Waals surface area (Å²) < 4.78 is 6.04. The lowest BCUT2D eigenvalue weighted by Gasteiger charge is -2.21. The van der Waals surface area contributed by atoms with Gasteiger partial charge in [0.25, 0.3) is 0 Å². The molecule has 3 aromatic rings. The lowest BCUT2D eigenvalue weighted by atomic mass is 10.0. The molecule has 0 aliphatic rings. The molecule has 0 aliphatic heterocycles. The van der Waals surface area contributed by atoms with E-state index >= 15 is 0 Å². The van der Waals surface area contributed by atoms with E-state index in [-0.39, 0.29) is 6.42 Å². The predicted molar refractivity (Wildman–Crippen MR) is 115 cm³/mol. The maximum absolute atomic E-state index is 11.4. The van der Waals surface area contributed by atoms with Gasteiger partial charge in [0.05, 0.1) is 10.6 Å². The molecule has 0 amide bonds. The fraction of sp³-hybridized carbons (Fsp3) is 0.211. The van der Waals surface area contributed by atoms with Gasteiger partial charge in [0.1, 0.15) is 5.82 Å². The molecular formula is C19H18BrN3O3S2. The van der Waals surface area contributed by atoms with Crippen LogP contribution in [0.1, 0.15) is 12.6 Å². The Morgan fingerprint density at radius 3 is 2.82 bits per heavy atom. The van der Waals surface area contributed by atoms with E-state index in [9.17, 15) is 9.90 Å².